The number of carboxylic acid groups (broad SMARTS) is 1. The molecule has 0 saturated heterocycles. The molecule has 0 atom stereocenters. The Morgan fingerprint density at radius 1 is 1.53 bits per heavy atom. The van der Waals surface area contributed by atoms with E-state index in [1.54, 1.807) is 7.05 Å². The van der Waals surface area contributed by atoms with Crippen LogP contribution in [0, 0.1) is 11.3 Å². The van der Waals surface area contributed by atoms with E-state index in [1.165, 1.54) is 17.3 Å². The fourth-order valence-electron chi connectivity index (χ4n) is 1.36. The summed E-state index contributed by atoms with van der Waals surface area (Å²) in [6, 6.07) is 1.85. The summed E-state index contributed by atoms with van der Waals surface area (Å²) in [4.78, 5) is 23.8. The zero-order valence-corrected chi connectivity index (χ0v) is 9.34. The lowest BCUT2D eigenvalue weighted by atomic mass is 10.0. The molecule has 0 aromatic heterocycles. The lowest BCUT2D eigenvalue weighted by Gasteiger charge is -2.18. The van der Waals surface area contributed by atoms with Gasteiger partial charge in [0.1, 0.15) is 6.61 Å². The van der Waals surface area contributed by atoms with E-state index in [2.05, 4.69) is 0 Å². The topological polar surface area (TPSA) is 90.6 Å². The van der Waals surface area contributed by atoms with Gasteiger partial charge < -0.3 is 14.7 Å². The van der Waals surface area contributed by atoms with E-state index in [1.807, 2.05) is 6.07 Å². The fraction of sp³-hybridized carbons (Fsp3) is 0.364. The number of esters is 1. The molecule has 1 N–H and O–H groups in total. The van der Waals surface area contributed by atoms with E-state index in [-0.39, 0.29) is 30.6 Å². The molecule has 0 unspecified atom stereocenters. The molecule has 0 amide bonds. The van der Waals surface area contributed by atoms with E-state index in [0.29, 0.717) is 0 Å². The molecule has 1 aliphatic heterocycles. The Bertz CT molecular complexity index is 431. The summed E-state index contributed by atoms with van der Waals surface area (Å²) in [5.74, 6) is -1.65. The first-order valence-electron chi connectivity index (χ1n) is 4.95. The summed E-state index contributed by atoms with van der Waals surface area (Å²) in [6.45, 7) is 0.0164. The normalized spacial score (nSPS) is 14.5. The average Bonchev–Trinajstić information content (AvgIpc) is 2.28. The van der Waals surface area contributed by atoms with Crippen molar-refractivity contribution in [3.8, 4) is 6.07 Å². The van der Waals surface area contributed by atoms with Gasteiger partial charge in [-0.25, -0.2) is 9.59 Å². The highest BCUT2D eigenvalue weighted by molar-refractivity contribution is 5.94. The Balaban J connectivity index is 2.64. The highest BCUT2D eigenvalue weighted by atomic mass is 16.5. The predicted octanol–water partition coefficient (Wildman–Crippen LogP) is 0.631. The van der Waals surface area contributed by atoms with Gasteiger partial charge in [0.2, 0.25) is 0 Å². The van der Waals surface area contributed by atoms with E-state index < -0.39 is 11.9 Å². The quantitative estimate of drug-likeness (QED) is 0.568. The average molecular weight is 236 g/mol. The van der Waals surface area contributed by atoms with Gasteiger partial charge >= 0.3 is 11.9 Å². The van der Waals surface area contributed by atoms with E-state index in [4.69, 9.17) is 15.1 Å². The number of carbonyl (C=O) groups excluding carboxylic acids is 1. The zero-order chi connectivity index (χ0) is 12.8. The summed E-state index contributed by atoms with van der Waals surface area (Å²) >= 11 is 0. The molecule has 0 aromatic carbocycles. The molecule has 6 nitrogen and oxygen atoms in total. The minimum atomic E-state index is -1.06. The molecule has 0 saturated carbocycles. The smallest absolute Gasteiger partial charge is 0.335 e. The Hall–Kier alpha value is -2.29. The van der Waals surface area contributed by atoms with Gasteiger partial charge in [-0.15, -0.1) is 0 Å². The van der Waals surface area contributed by atoms with E-state index in [9.17, 15) is 9.59 Å². The summed E-state index contributed by atoms with van der Waals surface area (Å²) < 4.78 is 4.82. The van der Waals surface area contributed by atoms with Crippen LogP contribution >= 0.6 is 0 Å². The van der Waals surface area contributed by atoms with Crippen molar-refractivity contribution in [3.63, 3.8) is 0 Å². The second-order valence-corrected chi connectivity index (χ2v) is 3.50. The Labute approximate surface area is 98.4 Å². The highest BCUT2D eigenvalue weighted by Gasteiger charge is 2.21. The van der Waals surface area contributed by atoms with Crippen molar-refractivity contribution < 1.29 is 19.4 Å². The lowest BCUT2D eigenvalue weighted by Crippen LogP contribution is -2.20. The SMILES string of the molecule is CN1C=C(C(=O)O)CC(C(=O)OCCC#N)=C1. The van der Waals surface area contributed by atoms with Crippen LogP contribution in [0.4, 0.5) is 0 Å². The van der Waals surface area contributed by atoms with Crippen LogP contribution in [0.2, 0.25) is 0 Å². The van der Waals surface area contributed by atoms with Crippen molar-refractivity contribution >= 4 is 11.9 Å². The molecule has 0 bridgehead atoms. The third-order valence-electron chi connectivity index (χ3n) is 2.08. The zero-order valence-electron chi connectivity index (χ0n) is 9.34. The number of hydrogen-bond acceptors (Lipinski definition) is 5. The van der Waals surface area contributed by atoms with Crippen LogP contribution in [0.15, 0.2) is 23.5 Å². The number of nitrogens with zero attached hydrogens (tertiary/aromatic N) is 2. The molecule has 0 radical (unpaired) electrons. The number of nitriles is 1. The largest absolute Gasteiger partial charge is 0.478 e. The van der Waals surface area contributed by atoms with E-state index in [0.717, 1.165) is 0 Å². The molecule has 90 valence electrons. The molecule has 1 heterocycles. The first kappa shape index (κ1) is 12.8. The number of carbonyl (C=O) groups is 2. The van der Waals surface area contributed by atoms with Crippen molar-refractivity contribution in [2.24, 2.45) is 0 Å². The van der Waals surface area contributed by atoms with Gasteiger partial charge in [-0.3, -0.25) is 0 Å². The van der Waals surface area contributed by atoms with Crippen LogP contribution in [0.25, 0.3) is 0 Å². The maximum absolute atomic E-state index is 11.5. The fourth-order valence-corrected chi connectivity index (χ4v) is 1.36. The molecule has 1 rings (SSSR count). The van der Waals surface area contributed by atoms with Crippen LogP contribution in [0.3, 0.4) is 0 Å². The van der Waals surface area contributed by atoms with Crippen LogP contribution in [0.5, 0.6) is 0 Å². The summed E-state index contributed by atoms with van der Waals surface area (Å²) in [6.07, 6.45) is 3.11. The third kappa shape index (κ3) is 3.65. The van der Waals surface area contributed by atoms with Gasteiger partial charge in [-0.05, 0) is 0 Å². The van der Waals surface area contributed by atoms with Gasteiger partial charge in [-0.1, -0.05) is 0 Å². The van der Waals surface area contributed by atoms with Crippen molar-refractivity contribution in [2.45, 2.75) is 12.8 Å². The van der Waals surface area contributed by atoms with Crippen molar-refractivity contribution in [2.75, 3.05) is 13.7 Å². The van der Waals surface area contributed by atoms with Crippen molar-refractivity contribution in [3.05, 3.63) is 23.5 Å². The van der Waals surface area contributed by atoms with E-state index >= 15 is 0 Å². The van der Waals surface area contributed by atoms with Gasteiger partial charge in [0.25, 0.3) is 0 Å². The monoisotopic (exact) mass is 236 g/mol. The van der Waals surface area contributed by atoms with Gasteiger partial charge in [0, 0.05) is 25.9 Å². The van der Waals surface area contributed by atoms with Crippen LogP contribution in [-0.2, 0) is 14.3 Å². The molecule has 0 aliphatic carbocycles. The number of aliphatic carboxylic acids is 1. The number of carboxylic acids is 1. The minimum absolute atomic E-state index is 0.0164. The third-order valence-corrected chi connectivity index (χ3v) is 2.08. The first-order valence-corrected chi connectivity index (χ1v) is 4.95. The Kier molecular flexibility index (Phi) is 4.29. The first-order chi connectivity index (χ1) is 8.04. The number of rotatable bonds is 4. The Morgan fingerprint density at radius 2 is 2.18 bits per heavy atom. The lowest BCUT2D eigenvalue weighted by molar-refractivity contribution is -0.139. The van der Waals surface area contributed by atoms with Crippen LogP contribution in [0.1, 0.15) is 12.8 Å². The number of hydrogen-bond donors (Lipinski definition) is 1. The minimum Gasteiger partial charge on any atom is -0.478 e. The van der Waals surface area contributed by atoms with Crippen molar-refractivity contribution in [1.29, 1.82) is 5.26 Å². The molecular weight excluding hydrogens is 224 g/mol. The predicted molar refractivity (Wildman–Crippen MR) is 57.4 cm³/mol. The summed E-state index contributed by atoms with van der Waals surface area (Å²) in [5, 5.41) is 17.1. The molecule has 0 fully saturated rings. The number of ether oxygens (including phenoxy) is 1. The molecule has 1 aliphatic rings. The summed E-state index contributed by atoms with van der Waals surface area (Å²) in [7, 11) is 1.63. The van der Waals surface area contributed by atoms with Gasteiger partial charge in [-0.2, -0.15) is 5.26 Å². The van der Waals surface area contributed by atoms with Crippen LogP contribution < -0.4 is 0 Å². The second-order valence-electron chi connectivity index (χ2n) is 3.50. The molecule has 0 aromatic rings. The molecule has 6 heteroatoms. The summed E-state index contributed by atoms with van der Waals surface area (Å²) in [5.41, 5.74) is 0.396. The highest BCUT2D eigenvalue weighted by Crippen LogP contribution is 2.19. The van der Waals surface area contributed by atoms with Gasteiger partial charge in [0.15, 0.2) is 0 Å². The van der Waals surface area contributed by atoms with Gasteiger partial charge in [0.05, 0.1) is 23.6 Å². The molecule has 17 heavy (non-hydrogen) atoms. The standard InChI is InChI=1S/C11H12N2O4/c1-13-6-8(10(14)15)5-9(7-13)11(16)17-4-2-3-12/h6-7H,2,4-5H2,1H3,(H,14,15). The maximum Gasteiger partial charge on any atom is 0.335 e. The van der Waals surface area contributed by atoms with Crippen LogP contribution in [-0.4, -0.2) is 35.6 Å². The second kappa shape index (κ2) is 5.70. The maximum atomic E-state index is 11.5. The van der Waals surface area contributed by atoms with Crippen molar-refractivity contribution in [1.82, 2.24) is 4.90 Å². The molecule has 0 spiro atoms. The molecular formula is C11H12N2O4. The Morgan fingerprint density at radius 3 is 2.76 bits per heavy atom.